The molecule has 0 bridgehead atoms. The summed E-state index contributed by atoms with van der Waals surface area (Å²) in [5.74, 6) is -0.453. The minimum Gasteiger partial charge on any atom is -0.465 e. The third-order valence-corrected chi connectivity index (χ3v) is 5.45. The lowest BCUT2D eigenvalue weighted by molar-refractivity contribution is 0.200. The number of nitrogens with zero attached hydrogens (tertiary/aromatic N) is 2. The van der Waals surface area contributed by atoms with Crippen LogP contribution in [-0.2, 0) is 0 Å². The van der Waals surface area contributed by atoms with Gasteiger partial charge in [-0.1, -0.05) is 23.2 Å². The van der Waals surface area contributed by atoms with Crippen molar-refractivity contribution in [1.82, 2.24) is 4.90 Å². The predicted octanol–water partition coefficient (Wildman–Crippen LogP) is 5.77. The molecule has 0 saturated carbocycles. The number of halogens is 3. The van der Waals surface area contributed by atoms with Crippen LogP contribution < -0.4 is 4.90 Å². The van der Waals surface area contributed by atoms with E-state index in [-0.39, 0.29) is 0 Å². The van der Waals surface area contributed by atoms with Gasteiger partial charge in [-0.3, -0.25) is 4.90 Å². The SMILES string of the molecule is CN1CCCC1CCN(C(=O)O)c1ccc(F)cc1-c1cc(Cl)cc(Cl)c1. The highest BCUT2D eigenvalue weighted by Crippen LogP contribution is 2.35. The molecular weight excluding hydrogens is 390 g/mol. The van der Waals surface area contributed by atoms with Gasteiger partial charge in [0, 0.05) is 28.2 Å². The first kappa shape index (κ1) is 19.9. The first-order valence-electron chi connectivity index (χ1n) is 8.82. The normalized spacial score (nSPS) is 17.3. The Morgan fingerprint density at radius 3 is 2.56 bits per heavy atom. The Hall–Kier alpha value is -1.82. The molecule has 1 saturated heterocycles. The summed E-state index contributed by atoms with van der Waals surface area (Å²) in [6.45, 7) is 1.36. The Balaban J connectivity index is 1.96. The summed E-state index contributed by atoms with van der Waals surface area (Å²) in [7, 11) is 2.06. The lowest BCUT2D eigenvalue weighted by atomic mass is 10.0. The van der Waals surface area contributed by atoms with Crippen LogP contribution in [0.25, 0.3) is 11.1 Å². The second-order valence-corrected chi connectivity index (χ2v) is 7.69. The number of rotatable bonds is 5. The van der Waals surface area contributed by atoms with Crippen molar-refractivity contribution in [2.45, 2.75) is 25.3 Å². The zero-order valence-electron chi connectivity index (χ0n) is 15.0. The molecule has 4 nitrogen and oxygen atoms in total. The summed E-state index contributed by atoms with van der Waals surface area (Å²) in [5, 5.41) is 10.6. The Morgan fingerprint density at radius 2 is 1.96 bits per heavy atom. The summed E-state index contributed by atoms with van der Waals surface area (Å²) in [4.78, 5) is 15.5. The van der Waals surface area contributed by atoms with Crippen molar-refractivity contribution in [2.75, 3.05) is 25.0 Å². The molecule has 1 aliphatic rings. The van der Waals surface area contributed by atoms with Gasteiger partial charge in [0.2, 0.25) is 0 Å². The van der Waals surface area contributed by atoms with Gasteiger partial charge in [-0.2, -0.15) is 0 Å². The average molecular weight is 411 g/mol. The smallest absolute Gasteiger partial charge is 0.411 e. The average Bonchev–Trinajstić information content (AvgIpc) is 3.00. The number of benzene rings is 2. The highest BCUT2D eigenvalue weighted by Gasteiger charge is 2.25. The lowest BCUT2D eigenvalue weighted by Crippen LogP contribution is -2.35. The predicted molar refractivity (Wildman–Crippen MR) is 107 cm³/mol. The summed E-state index contributed by atoms with van der Waals surface area (Å²) >= 11 is 12.2. The van der Waals surface area contributed by atoms with E-state index in [1.54, 1.807) is 18.2 Å². The Bertz CT molecular complexity index is 826. The number of carbonyl (C=O) groups is 1. The molecule has 0 radical (unpaired) electrons. The van der Waals surface area contributed by atoms with Crippen LogP contribution in [0.15, 0.2) is 36.4 Å². The van der Waals surface area contributed by atoms with Gasteiger partial charge in [-0.25, -0.2) is 9.18 Å². The first-order chi connectivity index (χ1) is 12.8. The van der Waals surface area contributed by atoms with E-state index in [2.05, 4.69) is 11.9 Å². The molecule has 1 aliphatic heterocycles. The second kappa shape index (κ2) is 8.46. The molecule has 0 aliphatic carbocycles. The molecule has 144 valence electrons. The monoisotopic (exact) mass is 410 g/mol. The fraction of sp³-hybridized carbons (Fsp3) is 0.350. The third kappa shape index (κ3) is 4.72. The fourth-order valence-corrected chi connectivity index (χ4v) is 4.15. The number of anilines is 1. The first-order valence-corrected chi connectivity index (χ1v) is 9.57. The van der Waals surface area contributed by atoms with Gasteiger partial charge in [-0.05, 0) is 74.8 Å². The van der Waals surface area contributed by atoms with Gasteiger partial charge in [-0.15, -0.1) is 0 Å². The topological polar surface area (TPSA) is 43.8 Å². The standard InChI is InChI=1S/C20H21Cl2FN2O2/c1-24-7-2-3-17(24)6-8-25(20(26)27)19-5-4-16(23)12-18(19)13-9-14(21)11-15(22)10-13/h4-5,9-12,17H,2-3,6-8H2,1H3,(H,26,27). The fourth-order valence-electron chi connectivity index (χ4n) is 3.63. The zero-order valence-corrected chi connectivity index (χ0v) is 16.5. The summed E-state index contributed by atoms with van der Waals surface area (Å²) in [5.41, 5.74) is 1.44. The van der Waals surface area contributed by atoms with Gasteiger partial charge in [0.15, 0.2) is 0 Å². The maximum Gasteiger partial charge on any atom is 0.411 e. The molecule has 2 aromatic rings. The van der Waals surface area contributed by atoms with Crippen LogP contribution in [0.1, 0.15) is 19.3 Å². The van der Waals surface area contributed by atoms with Crippen molar-refractivity contribution in [3.05, 3.63) is 52.3 Å². The summed E-state index contributed by atoms with van der Waals surface area (Å²) in [6.07, 6.45) is 1.83. The number of amides is 1. The molecule has 0 aromatic heterocycles. The van der Waals surface area contributed by atoms with Crippen LogP contribution in [0.3, 0.4) is 0 Å². The van der Waals surface area contributed by atoms with E-state index < -0.39 is 11.9 Å². The van der Waals surface area contributed by atoms with Crippen molar-refractivity contribution >= 4 is 35.0 Å². The van der Waals surface area contributed by atoms with Crippen LogP contribution in [0.2, 0.25) is 10.0 Å². The van der Waals surface area contributed by atoms with Crippen molar-refractivity contribution in [3.8, 4) is 11.1 Å². The van der Waals surface area contributed by atoms with E-state index in [1.165, 1.54) is 23.1 Å². The molecule has 1 atom stereocenters. The van der Waals surface area contributed by atoms with Crippen molar-refractivity contribution in [2.24, 2.45) is 0 Å². The third-order valence-electron chi connectivity index (χ3n) is 5.01. The molecule has 27 heavy (non-hydrogen) atoms. The molecule has 1 heterocycles. The van der Waals surface area contributed by atoms with E-state index in [0.717, 1.165) is 25.8 Å². The van der Waals surface area contributed by atoms with E-state index in [9.17, 15) is 14.3 Å². The number of hydrogen-bond acceptors (Lipinski definition) is 2. The van der Waals surface area contributed by atoms with Gasteiger partial charge < -0.3 is 10.0 Å². The number of hydrogen-bond donors (Lipinski definition) is 1. The molecule has 7 heteroatoms. The van der Waals surface area contributed by atoms with Crippen LogP contribution in [0.5, 0.6) is 0 Å². The van der Waals surface area contributed by atoms with E-state index in [1.807, 2.05) is 0 Å². The van der Waals surface area contributed by atoms with Crippen LogP contribution in [-0.4, -0.2) is 42.3 Å². The molecule has 0 spiro atoms. The molecular formula is C20H21Cl2FN2O2. The minimum atomic E-state index is -1.07. The Morgan fingerprint density at radius 1 is 1.26 bits per heavy atom. The molecule has 1 N–H and O–H groups in total. The molecule has 1 fully saturated rings. The highest BCUT2D eigenvalue weighted by atomic mass is 35.5. The summed E-state index contributed by atoms with van der Waals surface area (Å²) in [6, 6.07) is 9.31. The lowest BCUT2D eigenvalue weighted by Gasteiger charge is -2.26. The molecule has 1 unspecified atom stereocenters. The minimum absolute atomic E-state index is 0.331. The van der Waals surface area contributed by atoms with Crippen molar-refractivity contribution in [1.29, 1.82) is 0 Å². The van der Waals surface area contributed by atoms with E-state index in [0.29, 0.717) is 39.4 Å². The quantitative estimate of drug-likeness (QED) is 0.680. The van der Waals surface area contributed by atoms with Crippen LogP contribution in [0, 0.1) is 5.82 Å². The number of carboxylic acid groups (broad SMARTS) is 1. The zero-order chi connectivity index (χ0) is 19.6. The molecule has 2 aromatic carbocycles. The second-order valence-electron chi connectivity index (χ2n) is 6.82. The van der Waals surface area contributed by atoms with Gasteiger partial charge >= 0.3 is 6.09 Å². The molecule has 3 rings (SSSR count). The van der Waals surface area contributed by atoms with E-state index in [4.69, 9.17) is 23.2 Å². The van der Waals surface area contributed by atoms with Crippen LogP contribution in [0.4, 0.5) is 14.9 Å². The van der Waals surface area contributed by atoms with Gasteiger partial charge in [0.1, 0.15) is 5.82 Å². The van der Waals surface area contributed by atoms with Crippen molar-refractivity contribution < 1.29 is 14.3 Å². The largest absolute Gasteiger partial charge is 0.465 e. The Kier molecular flexibility index (Phi) is 6.25. The van der Waals surface area contributed by atoms with Gasteiger partial charge in [0.25, 0.3) is 0 Å². The summed E-state index contributed by atoms with van der Waals surface area (Å²) < 4.78 is 13.9. The maximum atomic E-state index is 13.9. The maximum absolute atomic E-state index is 13.9. The number of likely N-dealkylation sites (tertiary alicyclic amines) is 1. The van der Waals surface area contributed by atoms with E-state index >= 15 is 0 Å². The van der Waals surface area contributed by atoms with Crippen molar-refractivity contribution in [3.63, 3.8) is 0 Å². The van der Waals surface area contributed by atoms with Crippen LogP contribution >= 0.6 is 23.2 Å². The van der Waals surface area contributed by atoms with Gasteiger partial charge in [0.05, 0.1) is 5.69 Å². The molecule has 1 amide bonds. The highest BCUT2D eigenvalue weighted by molar-refractivity contribution is 6.35. The Labute approximate surface area is 168 Å².